The smallest absolute Gasteiger partial charge is 0.0837 e. The maximum Gasteiger partial charge on any atom is 0.0837 e. The highest BCUT2D eigenvalue weighted by Crippen LogP contribution is 2.20. The van der Waals surface area contributed by atoms with Crippen molar-refractivity contribution in [2.75, 3.05) is 0 Å². The molecule has 2 heteroatoms. The van der Waals surface area contributed by atoms with Crippen LogP contribution in [-0.2, 0) is 0 Å². The molecule has 1 heterocycles. The van der Waals surface area contributed by atoms with E-state index < -0.39 is 0 Å². The predicted octanol–water partition coefficient (Wildman–Crippen LogP) is 3.53. The summed E-state index contributed by atoms with van der Waals surface area (Å²) in [6.07, 6.45) is 8.47. The number of aryl methyl sites for hydroxylation is 1. The molecule has 1 aromatic heterocycles. The van der Waals surface area contributed by atoms with Gasteiger partial charge >= 0.3 is 0 Å². The minimum Gasteiger partial charge on any atom is -0.284 e. The lowest BCUT2D eigenvalue weighted by Crippen LogP contribution is -2.12. The molecule has 0 aliphatic heterocycles. The van der Waals surface area contributed by atoms with Gasteiger partial charge in [0.25, 0.3) is 0 Å². The lowest BCUT2D eigenvalue weighted by atomic mass is 9.96. The monoisotopic (exact) mass is 216 g/mol. The second-order valence-corrected chi connectivity index (χ2v) is 4.73. The van der Waals surface area contributed by atoms with Gasteiger partial charge in [-0.05, 0) is 38.3 Å². The van der Waals surface area contributed by atoms with E-state index in [1.165, 1.54) is 37.7 Å². The van der Waals surface area contributed by atoms with E-state index in [1.807, 2.05) is 6.20 Å². The number of aliphatic imine (C=N–C) groups is 1. The minimum atomic E-state index is 0.539. The first-order valence-corrected chi connectivity index (χ1v) is 6.23. The third-order valence-corrected chi connectivity index (χ3v) is 3.23. The second-order valence-electron chi connectivity index (χ2n) is 4.73. The van der Waals surface area contributed by atoms with Crippen LogP contribution in [0.15, 0.2) is 23.3 Å². The Morgan fingerprint density at radius 2 is 2.00 bits per heavy atom. The van der Waals surface area contributed by atoms with Crippen molar-refractivity contribution >= 4 is 5.71 Å². The van der Waals surface area contributed by atoms with Crippen LogP contribution in [0.25, 0.3) is 0 Å². The summed E-state index contributed by atoms with van der Waals surface area (Å²) in [5.74, 6) is 0. The molecule has 0 radical (unpaired) electrons. The summed E-state index contributed by atoms with van der Waals surface area (Å²) in [5.41, 5.74) is 3.32. The summed E-state index contributed by atoms with van der Waals surface area (Å²) < 4.78 is 0. The predicted molar refractivity (Wildman–Crippen MR) is 68.1 cm³/mol. The zero-order valence-electron chi connectivity index (χ0n) is 10.2. The lowest BCUT2D eigenvalue weighted by Gasteiger charge is -2.18. The summed E-state index contributed by atoms with van der Waals surface area (Å²) in [6, 6.07) is 4.70. The van der Waals surface area contributed by atoms with Gasteiger partial charge in [-0.1, -0.05) is 25.3 Å². The van der Waals surface area contributed by atoms with E-state index in [2.05, 4.69) is 31.0 Å². The highest BCUT2D eigenvalue weighted by Gasteiger charge is 2.12. The van der Waals surface area contributed by atoms with E-state index in [-0.39, 0.29) is 0 Å². The topological polar surface area (TPSA) is 25.2 Å². The van der Waals surface area contributed by atoms with Gasteiger partial charge in [-0.25, -0.2) is 0 Å². The first-order valence-electron chi connectivity index (χ1n) is 6.23. The fourth-order valence-electron chi connectivity index (χ4n) is 2.23. The van der Waals surface area contributed by atoms with Gasteiger partial charge in [0, 0.05) is 6.20 Å². The van der Waals surface area contributed by atoms with E-state index in [9.17, 15) is 0 Å². The van der Waals surface area contributed by atoms with Gasteiger partial charge in [0.05, 0.1) is 17.4 Å². The van der Waals surface area contributed by atoms with Crippen molar-refractivity contribution < 1.29 is 0 Å². The second kappa shape index (κ2) is 5.24. The van der Waals surface area contributed by atoms with Crippen LogP contribution in [0.4, 0.5) is 0 Å². The first kappa shape index (κ1) is 11.3. The van der Waals surface area contributed by atoms with E-state index in [0.29, 0.717) is 6.04 Å². The molecule has 1 fully saturated rings. The van der Waals surface area contributed by atoms with Crippen LogP contribution >= 0.6 is 0 Å². The average Bonchev–Trinajstić information content (AvgIpc) is 2.31. The summed E-state index contributed by atoms with van der Waals surface area (Å²) in [5, 5.41) is 0. The molecule has 2 nitrogen and oxygen atoms in total. The van der Waals surface area contributed by atoms with Crippen LogP contribution in [0, 0.1) is 6.92 Å². The molecule has 16 heavy (non-hydrogen) atoms. The highest BCUT2D eigenvalue weighted by molar-refractivity contribution is 5.97. The van der Waals surface area contributed by atoms with Gasteiger partial charge in [-0.15, -0.1) is 0 Å². The summed E-state index contributed by atoms with van der Waals surface area (Å²) in [4.78, 5) is 9.20. The van der Waals surface area contributed by atoms with Crippen molar-refractivity contribution in [1.29, 1.82) is 0 Å². The molecule has 1 aliphatic carbocycles. The van der Waals surface area contributed by atoms with Crippen molar-refractivity contribution in [3.05, 3.63) is 29.6 Å². The zero-order chi connectivity index (χ0) is 11.4. The molecular formula is C14H20N2. The molecule has 0 bridgehead atoms. The third-order valence-electron chi connectivity index (χ3n) is 3.23. The Hall–Kier alpha value is -1.18. The van der Waals surface area contributed by atoms with E-state index in [1.54, 1.807) is 0 Å². The molecule has 0 amide bonds. The Balaban J connectivity index is 2.07. The summed E-state index contributed by atoms with van der Waals surface area (Å²) in [7, 11) is 0. The molecule has 0 N–H and O–H groups in total. The number of hydrogen-bond acceptors (Lipinski definition) is 2. The van der Waals surface area contributed by atoms with Crippen molar-refractivity contribution in [3.8, 4) is 0 Å². The SMILES string of the molecule is CC(=NC1CCCCC1)c1ccc(C)cn1. The quantitative estimate of drug-likeness (QED) is 0.694. The summed E-state index contributed by atoms with van der Waals surface area (Å²) >= 11 is 0. The number of pyridine rings is 1. The van der Waals surface area contributed by atoms with Gasteiger partial charge in [0.15, 0.2) is 0 Å². The Morgan fingerprint density at radius 3 is 2.62 bits per heavy atom. The molecule has 2 rings (SSSR count). The van der Waals surface area contributed by atoms with Crippen LogP contribution in [0.5, 0.6) is 0 Å². The molecule has 86 valence electrons. The Bertz CT molecular complexity index is 359. The molecule has 0 unspecified atom stereocenters. The molecule has 0 aromatic carbocycles. The van der Waals surface area contributed by atoms with E-state index >= 15 is 0 Å². The van der Waals surface area contributed by atoms with E-state index in [0.717, 1.165) is 11.4 Å². The van der Waals surface area contributed by atoms with Crippen LogP contribution in [-0.4, -0.2) is 16.7 Å². The molecule has 0 spiro atoms. The number of hydrogen-bond donors (Lipinski definition) is 0. The Labute approximate surface area is 97.8 Å². The third kappa shape index (κ3) is 2.91. The molecular weight excluding hydrogens is 196 g/mol. The van der Waals surface area contributed by atoms with Crippen molar-refractivity contribution in [2.24, 2.45) is 4.99 Å². The largest absolute Gasteiger partial charge is 0.284 e. The zero-order valence-corrected chi connectivity index (χ0v) is 10.2. The lowest BCUT2D eigenvalue weighted by molar-refractivity contribution is 0.443. The summed E-state index contributed by atoms with van der Waals surface area (Å²) in [6.45, 7) is 4.14. The van der Waals surface area contributed by atoms with Gasteiger partial charge < -0.3 is 0 Å². The fourth-order valence-corrected chi connectivity index (χ4v) is 2.23. The van der Waals surface area contributed by atoms with Crippen LogP contribution in [0.3, 0.4) is 0 Å². The first-order chi connectivity index (χ1) is 7.75. The Morgan fingerprint density at radius 1 is 1.25 bits per heavy atom. The normalized spacial score (nSPS) is 18.8. The van der Waals surface area contributed by atoms with Gasteiger partial charge in [-0.3, -0.25) is 9.98 Å². The number of rotatable bonds is 2. The fraction of sp³-hybridized carbons (Fsp3) is 0.571. The molecule has 0 atom stereocenters. The number of nitrogens with zero attached hydrogens (tertiary/aromatic N) is 2. The van der Waals surface area contributed by atoms with Crippen molar-refractivity contribution in [2.45, 2.75) is 52.0 Å². The molecule has 1 aliphatic rings. The van der Waals surface area contributed by atoms with Gasteiger partial charge in [0.1, 0.15) is 0 Å². The van der Waals surface area contributed by atoms with Crippen molar-refractivity contribution in [3.63, 3.8) is 0 Å². The average molecular weight is 216 g/mol. The maximum absolute atomic E-state index is 4.79. The molecule has 0 saturated heterocycles. The van der Waals surface area contributed by atoms with Crippen LogP contribution in [0.2, 0.25) is 0 Å². The van der Waals surface area contributed by atoms with Gasteiger partial charge in [0.2, 0.25) is 0 Å². The van der Waals surface area contributed by atoms with E-state index in [4.69, 9.17) is 4.99 Å². The maximum atomic E-state index is 4.79. The molecule has 1 aromatic rings. The Kier molecular flexibility index (Phi) is 3.70. The van der Waals surface area contributed by atoms with Crippen LogP contribution < -0.4 is 0 Å². The van der Waals surface area contributed by atoms with Crippen LogP contribution in [0.1, 0.15) is 50.3 Å². The van der Waals surface area contributed by atoms with Gasteiger partial charge in [-0.2, -0.15) is 0 Å². The number of aromatic nitrogens is 1. The van der Waals surface area contributed by atoms with Crippen molar-refractivity contribution in [1.82, 2.24) is 4.98 Å². The molecule has 1 saturated carbocycles. The minimum absolute atomic E-state index is 0.539. The standard InChI is InChI=1S/C14H20N2/c1-11-8-9-14(15-10-11)12(2)16-13-6-4-3-5-7-13/h8-10,13H,3-7H2,1-2H3. The highest BCUT2D eigenvalue weighted by atomic mass is 14.8.